The Labute approximate surface area is 145 Å². The number of aromatic amines is 1. The fourth-order valence-corrected chi connectivity index (χ4v) is 5.53. The summed E-state index contributed by atoms with van der Waals surface area (Å²) in [5, 5.41) is 8.49. The van der Waals surface area contributed by atoms with Gasteiger partial charge in [-0.05, 0) is 38.2 Å². The van der Waals surface area contributed by atoms with Gasteiger partial charge in [0, 0.05) is 18.2 Å². The van der Waals surface area contributed by atoms with Crippen molar-refractivity contribution in [3.05, 3.63) is 24.3 Å². The Bertz CT molecular complexity index is 1040. The molecule has 3 heterocycles. The molecule has 3 aromatic heterocycles. The molecule has 0 radical (unpaired) electrons. The quantitative estimate of drug-likeness (QED) is 0.737. The lowest BCUT2D eigenvalue weighted by molar-refractivity contribution is 0.360. The van der Waals surface area contributed by atoms with E-state index in [0.29, 0.717) is 0 Å². The van der Waals surface area contributed by atoms with E-state index >= 15 is 0 Å². The highest BCUT2D eigenvalue weighted by molar-refractivity contribution is 7.90. The summed E-state index contributed by atoms with van der Waals surface area (Å²) in [5.74, 6) is 1.09. The first-order valence-corrected chi connectivity index (χ1v) is 10.3. The van der Waals surface area contributed by atoms with Crippen LogP contribution in [0, 0.1) is 0 Å². The van der Waals surface area contributed by atoms with Gasteiger partial charge in [-0.1, -0.05) is 6.42 Å². The van der Waals surface area contributed by atoms with Crippen molar-refractivity contribution in [1.29, 1.82) is 0 Å². The van der Waals surface area contributed by atoms with Crippen LogP contribution in [0.4, 0.5) is 0 Å². The number of fused-ring (bicyclic) bond motifs is 3. The van der Waals surface area contributed by atoms with Gasteiger partial charge in [0.25, 0.3) is 0 Å². The second-order valence-corrected chi connectivity index (χ2v) is 9.14. The minimum absolute atomic E-state index is 0.0137. The lowest BCUT2D eigenvalue weighted by atomic mass is 9.85. The van der Waals surface area contributed by atoms with Gasteiger partial charge >= 0.3 is 0 Å². The monoisotopic (exact) mass is 360 g/mol. The standard InChI is InChI=1S/C16H20N6O2S/c23-25(24,12-4-5-12)21-11-3-1-2-10(8-11)16-20-19-14-9-18-15-13(22(14)16)6-7-17-15/h6-7,9-12,17,21H,1-5,8H2/t10-,11-/m1/s1. The van der Waals surface area contributed by atoms with Crippen molar-refractivity contribution in [2.45, 2.75) is 55.7 Å². The van der Waals surface area contributed by atoms with Gasteiger partial charge in [-0.2, -0.15) is 0 Å². The summed E-state index contributed by atoms with van der Waals surface area (Å²) < 4.78 is 29.5. The minimum Gasteiger partial charge on any atom is -0.345 e. The van der Waals surface area contributed by atoms with E-state index in [1.54, 1.807) is 6.20 Å². The molecule has 25 heavy (non-hydrogen) atoms. The summed E-state index contributed by atoms with van der Waals surface area (Å²) in [7, 11) is -3.16. The Morgan fingerprint density at radius 2 is 2.08 bits per heavy atom. The lowest BCUT2D eigenvalue weighted by Gasteiger charge is -2.28. The molecule has 2 fully saturated rings. The molecule has 0 saturated heterocycles. The predicted molar refractivity (Wildman–Crippen MR) is 92.7 cm³/mol. The summed E-state index contributed by atoms with van der Waals surface area (Å²) >= 11 is 0. The summed E-state index contributed by atoms with van der Waals surface area (Å²) in [6.45, 7) is 0. The van der Waals surface area contributed by atoms with E-state index < -0.39 is 10.0 Å². The Balaban J connectivity index is 1.46. The van der Waals surface area contributed by atoms with Gasteiger partial charge < -0.3 is 4.98 Å². The van der Waals surface area contributed by atoms with Crippen molar-refractivity contribution in [2.24, 2.45) is 0 Å². The number of aromatic nitrogens is 5. The van der Waals surface area contributed by atoms with Crippen molar-refractivity contribution >= 4 is 26.8 Å². The maximum absolute atomic E-state index is 12.3. The maximum atomic E-state index is 12.3. The summed E-state index contributed by atoms with van der Waals surface area (Å²) in [6.07, 6.45) is 8.79. The molecular formula is C16H20N6O2S. The van der Waals surface area contributed by atoms with Crippen molar-refractivity contribution in [3.63, 3.8) is 0 Å². The van der Waals surface area contributed by atoms with Gasteiger partial charge in [-0.15, -0.1) is 10.2 Å². The molecule has 3 aromatic rings. The molecule has 132 valence electrons. The van der Waals surface area contributed by atoms with Gasteiger partial charge in [0.1, 0.15) is 5.82 Å². The zero-order chi connectivity index (χ0) is 17.0. The molecule has 2 N–H and O–H groups in total. The third-order valence-electron chi connectivity index (χ3n) is 5.30. The van der Waals surface area contributed by atoms with Gasteiger partial charge in [0.05, 0.1) is 17.0 Å². The fraction of sp³-hybridized carbons (Fsp3) is 0.562. The largest absolute Gasteiger partial charge is 0.345 e. The van der Waals surface area contributed by atoms with Crippen LogP contribution in [0.1, 0.15) is 50.3 Å². The number of hydrogen-bond acceptors (Lipinski definition) is 5. The van der Waals surface area contributed by atoms with Crippen LogP contribution in [-0.2, 0) is 10.0 Å². The molecule has 5 rings (SSSR count). The molecule has 0 aromatic carbocycles. The minimum atomic E-state index is -3.16. The average Bonchev–Trinajstić information content (AvgIpc) is 3.20. The van der Waals surface area contributed by atoms with Crippen LogP contribution >= 0.6 is 0 Å². The van der Waals surface area contributed by atoms with E-state index in [0.717, 1.165) is 61.2 Å². The number of H-pyrrole nitrogens is 1. The molecule has 0 amide bonds. The summed E-state index contributed by atoms with van der Waals surface area (Å²) in [4.78, 5) is 7.46. The third-order valence-corrected chi connectivity index (χ3v) is 7.31. The number of rotatable bonds is 4. The Kier molecular flexibility index (Phi) is 3.36. The summed E-state index contributed by atoms with van der Waals surface area (Å²) in [6, 6.07) is 1.96. The first kappa shape index (κ1) is 15.3. The van der Waals surface area contributed by atoms with E-state index in [1.807, 2.05) is 16.7 Å². The smallest absolute Gasteiger partial charge is 0.214 e. The van der Waals surface area contributed by atoms with Crippen LogP contribution < -0.4 is 4.72 Å². The van der Waals surface area contributed by atoms with Crippen molar-refractivity contribution in [2.75, 3.05) is 0 Å². The first-order valence-electron chi connectivity index (χ1n) is 8.80. The van der Waals surface area contributed by atoms with E-state index in [-0.39, 0.29) is 17.2 Å². The van der Waals surface area contributed by atoms with Crippen LogP contribution in [0.5, 0.6) is 0 Å². The number of nitrogens with zero attached hydrogens (tertiary/aromatic N) is 4. The molecule has 2 aliphatic carbocycles. The number of nitrogens with one attached hydrogen (secondary N) is 2. The van der Waals surface area contributed by atoms with Crippen LogP contribution in [-0.4, -0.2) is 44.3 Å². The van der Waals surface area contributed by atoms with Crippen LogP contribution in [0.3, 0.4) is 0 Å². The highest BCUT2D eigenvalue weighted by Gasteiger charge is 2.38. The number of hydrogen-bond donors (Lipinski definition) is 2. The highest BCUT2D eigenvalue weighted by atomic mass is 32.2. The zero-order valence-electron chi connectivity index (χ0n) is 13.7. The topological polar surface area (TPSA) is 105 Å². The molecular weight excluding hydrogens is 340 g/mol. The van der Waals surface area contributed by atoms with Crippen LogP contribution in [0.25, 0.3) is 16.8 Å². The van der Waals surface area contributed by atoms with Crippen LogP contribution in [0.15, 0.2) is 18.5 Å². The van der Waals surface area contributed by atoms with Crippen molar-refractivity contribution < 1.29 is 8.42 Å². The first-order chi connectivity index (χ1) is 12.1. The second kappa shape index (κ2) is 5.50. The third kappa shape index (κ3) is 2.62. The average molecular weight is 360 g/mol. The fourth-order valence-electron chi connectivity index (χ4n) is 3.90. The Hall–Kier alpha value is -2.00. The van der Waals surface area contributed by atoms with Gasteiger partial charge in [-0.3, -0.25) is 4.40 Å². The van der Waals surface area contributed by atoms with E-state index in [1.165, 1.54) is 0 Å². The molecule has 8 nitrogen and oxygen atoms in total. The maximum Gasteiger partial charge on any atom is 0.214 e. The zero-order valence-corrected chi connectivity index (χ0v) is 14.5. The predicted octanol–water partition coefficient (Wildman–Crippen LogP) is 1.71. The normalized spacial score (nSPS) is 25.0. The SMILES string of the molecule is O=S(=O)(N[C@@H]1CCC[C@@H](c2nnc3cnc4[nH]ccc4n23)C1)C1CC1. The molecule has 0 bridgehead atoms. The molecule has 2 saturated carbocycles. The Morgan fingerprint density at radius 3 is 2.92 bits per heavy atom. The van der Waals surface area contributed by atoms with E-state index in [2.05, 4.69) is 24.9 Å². The second-order valence-electron chi connectivity index (χ2n) is 7.14. The number of sulfonamides is 1. The molecule has 2 aliphatic rings. The van der Waals surface area contributed by atoms with E-state index in [4.69, 9.17) is 0 Å². The lowest BCUT2D eigenvalue weighted by Crippen LogP contribution is -2.39. The van der Waals surface area contributed by atoms with E-state index in [9.17, 15) is 8.42 Å². The van der Waals surface area contributed by atoms with Crippen molar-refractivity contribution in [3.8, 4) is 0 Å². The van der Waals surface area contributed by atoms with Crippen LogP contribution in [0.2, 0.25) is 0 Å². The van der Waals surface area contributed by atoms with Gasteiger partial charge in [-0.25, -0.2) is 18.1 Å². The molecule has 0 spiro atoms. The molecule has 9 heteroatoms. The molecule has 0 aliphatic heterocycles. The van der Waals surface area contributed by atoms with Gasteiger partial charge in [0.2, 0.25) is 10.0 Å². The molecule has 0 unspecified atom stereocenters. The Morgan fingerprint density at radius 1 is 1.20 bits per heavy atom. The summed E-state index contributed by atoms with van der Waals surface area (Å²) in [5.41, 5.74) is 2.48. The molecule has 2 atom stereocenters. The highest BCUT2D eigenvalue weighted by Crippen LogP contribution is 2.35. The van der Waals surface area contributed by atoms with Crippen molar-refractivity contribution in [1.82, 2.24) is 29.3 Å². The van der Waals surface area contributed by atoms with Gasteiger partial charge in [0.15, 0.2) is 11.3 Å².